The molecule has 0 saturated heterocycles. The standard InChI is InChI=1S/C13H27NO/c1-6-11-14-12(7-2)13(8-3,9-4)15-10-5/h7,12,14H,2,6,8-11H2,1,3-5H3. The highest BCUT2D eigenvalue weighted by Gasteiger charge is 2.33. The quantitative estimate of drug-likeness (QED) is 0.594. The van der Waals surface area contributed by atoms with E-state index in [1.54, 1.807) is 0 Å². The molecule has 0 aromatic rings. The highest BCUT2D eigenvalue weighted by molar-refractivity contribution is 5.01. The number of rotatable bonds is 9. The Morgan fingerprint density at radius 3 is 2.20 bits per heavy atom. The van der Waals surface area contributed by atoms with Gasteiger partial charge in [0.1, 0.15) is 0 Å². The van der Waals surface area contributed by atoms with Gasteiger partial charge in [-0.3, -0.25) is 0 Å². The van der Waals surface area contributed by atoms with E-state index in [4.69, 9.17) is 4.74 Å². The molecule has 0 aliphatic rings. The van der Waals surface area contributed by atoms with E-state index in [1.165, 1.54) is 0 Å². The van der Waals surface area contributed by atoms with E-state index in [1.807, 2.05) is 6.08 Å². The zero-order valence-corrected chi connectivity index (χ0v) is 10.8. The van der Waals surface area contributed by atoms with Gasteiger partial charge in [0.2, 0.25) is 0 Å². The second kappa shape index (κ2) is 7.89. The summed E-state index contributed by atoms with van der Waals surface area (Å²) < 4.78 is 5.94. The molecule has 90 valence electrons. The molecular weight excluding hydrogens is 186 g/mol. The van der Waals surface area contributed by atoms with E-state index in [0.29, 0.717) is 0 Å². The van der Waals surface area contributed by atoms with Gasteiger partial charge in [-0.2, -0.15) is 0 Å². The molecule has 0 aromatic carbocycles. The van der Waals surface area contributed by atoms with Crippen molar-refractivity contribution in [3.8, 4) is 0 Å². The van der Waals surface area contributed by atoms with Crippen LogP contribution in [0.4, 0.5) is 0 Å². The lowest BCUT2D eigenvalue weighted by Gasteiger charge is -2.38. The minimum Gasteiger partial charge on any atom is -0.373 e. The normalized spacial score (nSPS) is 13.9. The Hall–Kier alpha value is -0.340. The average Bonchev–Trinajstić information content (AvgIpc) is 2.28. The van der Waals surface area contributed by atoms with Crippen molar-refractivity contribution in [3.63, 3.8) is 0 Å². The summed E-state index contributed by atoms with van der Waals surface area (Å²) in [5.41, 5.74) is -0.0777. The molecule has 0 aliphatic carbocycles. The van der Waals surface area contributed by atoms with Gasteiger partial charge >= 0.3 is 0 Å². The lowest BCUT2D eigenvalue weighted by atomic mass is 9.88. The van der Waals surface area contributed by atoms with Crippen molar-refractivity contribution in [2.45, 2.75) is 58.6 Å². The van der Waals surface area contributed by atoms with Crippen molar-refractivity contribution >= 4 is 0 Å². The fourth-order valence-corrected chi connectivity index (χ4v) is 2.06. The molecule has 1 unspecified atom stereocenters. The summed E-state index contributed by atoms with van der Waals surface area (Å²) in [4.78, 5) is 0. The van der Waals surface area contributed by atoms with Crippen LogP contribution in [-0.2, 0) is 4.74 Å². The lowest BCUT2D eigenvalue weighted by molar-refractivity contribution is -0.0610. The van der Waals surface area contributed by atoms with Crippen molar-refractivity contribution < 1.29 is 4.74 Å². The molecule has 1 N–H and O–H groups in total. The molecule has 0 aromatic heterocycles. The minimum atomic E-state index is -0.0777. The van der Waals surface area contributed by atoms with Crippen molar-refractivity contribution in [1.29, 1.82) is 0 Å². The van der Waals surface area contributed by atoms with Crippen LogP contribution in [0.3, 0.4) is 0 Å². The molecule has 1 atom stereocenters. The van der Waals surface area contributed by atoms with Gasteiger partial charge in [-0.15, -0.1) is 6.58 Å². The zero-order chi connectivity index (χ0) is 11.7. The van der Waals surface area contributed by atoms with Crippen LogP contribution in [0, 0.1) is 0 Å². The van der Waals surface area contributed by atoms with E-state index >= 15 is 0 Å². The summed E-state index contributed by atoms with van der Waals surface area (Å²) >= 11 is 0. The van der Waals surface area contributed by atoms with Crippen molar-refractivity contribution in [2.24, 2.45) is 0 Å². The number of hydrogen-bond acceptors (Lipinski definition) is 2. The van der Waals surface area contributed by atoms with E-state index < -0.39 is 0 Å². The molecule has 15 heavy (non-hydrogen) atoms. The summed E-state index contributed by atoms with van der Waals surface area (Å²) in [5, 5.41) is 3.50. The van der Waals surface area contributed by atoms with Gasteiger partial charge in [-0.1, -0.05) is 26.8 Å². The molecule has 0 amide bonds. The largest absolute Gasteiger partial charge is 0.373 e. The summed E-state index contributed by atoms with van der Waals surface area (Å²) in [6.45, 7) is 14.3. The Kier molecular flexibility index (Phi) is 7.71. The van der Waals surface area contributed by atoms with Gasteiger partial charge in [0.15, 0.2) is 0 Å². The first kappa shape index (κ1) is 14.7. The first-order valence-electron chi connectivity index (χ1n) is 6.20. The highest BCUT2D eigenvalue weighted by atomic mass is 16.5. The SMILES string of the molecule is C=CC(NCCC)C(CC)(CC)OCC. The zero-order valence-electron chi connectivity index (χ0n) is 10.8. The van der Waals surface area contributed by atoms with Gasteiger partial charge in [-0.05, 0) is 32.7 Å². The first-order valence-corrected chi connectivity index (χ1v) is 6.20. The summed E-state index contributed by atoms with van der Waals surface area (Å²) in [6, 6.07) is 0.257. The Morgan fingerprint density at radius 1 is 1.27 bits per heavy atom. The Labute approximate surface area is 95.1 Å². The molecule has 0 fully saturated rings. The molecule has 2 heteroatoms. The van der Waals surface area contributed by atoms with E-state index in [9.17, 15) is 0 Å². The van der Waals surface area contributed by atoms with E-state index in [-0.39, 0.29) is 11.6 Å². The van der Waals surface area contributed by atoms with E-state index in [2.05, 4.69) is 39.6 Å². The maximum absolute atomic E-state index is 5.94. The molecular formula is C13H27NO. The smallest absolute Gasteiger partial charge is 0.0864 e. The van der Waals surface area contributed by atoms with Crippen LogP contribution in [0.5, 0.6) is 0 Å². The van der Waals surface area contributed by atoms with Gasteiger partial charge in [0.25, 0.3) is 0 Å². The third-order valence-corrected chi connectivity index (χ3v) is 3.05. The molecule has 0 spiro atoms. The highest BCUT2D eigenvalue weighted by Crippen LogP contribution is 2.25. The molecule has 0 bridgehead atoms. The van der Waals surface area contributed by atoms with Crippen LogP contribution in [0.15, 0.2) is 12.7 Å². The van der Waals surface area contributed by atoms with Gasteiger partial charge in [-0.25, -0.2) is 0 Å². The second-order valence-electron chi connectivity index (χ2n) is 3.87. The van der Waals surface area contributed by atoms with Crippen LogP contribution in [-0.4, -0.2) is 24.8 Å². The number of hydrogen-bond donors (Lipinski definition) is 1. The van der Waals surface area contributed by atoms with Crippen LogP contribution < -0.4 is 5.32 Å². The Balaban J connectivity index is 4.58. The molecule has 2 nitrogen and oxygen atoms in total. The van der Waals surface area contributed by atoms with Crippen molar-refractivity contribution in [3.05, 3.63) is 12.7 Å². The molecule has 0 aliphatic heterocycles. The third kappa shape index (κ3) is 3.96. The summed E-state index contributed by atoms with van der Waals surface area (Å²) in [7, 11) is 0. The predicted molar refractivity (Wildman–Crippen MR) is 67.2 cm³/mol. The molecule has 0 heterocycles. The Bertz CT molecular complexity index is 164. The van der Waals surface area contributed by atoms with Crippen LogP contribution >= 0.6 is 0 Å². The number of nitrogens with one attached hydrogen (secondary N) is 1. The lowest BCUT2D eigenvalue weighted by Crippen LogP contribution is -2.51. The fraction of sp³-hybridized carbons (Fsp3) is 0.846. The molecule has 0 saturated carbocycles. The average molecular weight is 213 g/mol. The minimum absolute atomic E-state index is 0.0777. The Morgan fingerprint density at radius 2 is 1.87 bits per heavy atom. The summed E-state index contributed by atoms with van der Waals surface area (Å²) in [5.74, 6) is 0. The van der Waals surface area contributed by atoms with Crippen molar-refractivity contribution in [1.82, 2.24) is 5.32 Å². The van der Waals surface area contributed by atoms with Gasteiger partial charge in [0, 0.05) is 6.61 Å². The maximum Gasteiger partial charge on any atom is 0.0864 e. The fourth-order valence-electron chi connectivity index (χ4n) is 2.06. The molecule has 0 radical (unpaired) electrons. The maximum atomic E-state index is 5.94. The topological polar surface area (TPSA) is 21.3 Å². The van der Waals surface area contributed by atoms with Crippen LogP contribution in [0.2, 0.25) is 0 Å². The van der Waals surface area contributed by atoms with Crippen LogP contribution in [0.1, 0.15) is 47.0 Å². The first-order chi connectivity index (χ1) is 7.20. The monoisotopic (exact) mass is 213 g/mol. The van der Waals surface area contributed by atoms with E-state index in [0.717, 1.165) is 32.4 Å². The van der Waals surface area contributed by atoms with Crippen molar-refractivity contribution in [2.75, 3.05) is 13.2 Å². The third-order valence-electron chi connectivity index (χ3n) is 3.05. The molecule has 0 rings (SSSR count). The van der Waals surface area contributed by atoms with Crippen LogP contribution in [0.25, 0.3) is 0 Å². The second-order valence-corrected chi connectivity index (χ2v) is 3.87. The summed E-state index contributed by atoms with van der Waals surface area (Å²) in [6.07, 6.45) is 5.16. The number of ether oxygens (including phenoxy) is 1. The van der Waals surface area contributed by atoms with Gasteiger partial charge < -0.3 is 10.1 Å². The predicted octanol–water partition coefficient (Wildman–Crippen LogP) is 3.14. The van der Waals surface area contributed by atoms with Gasteiger partial charge in [0.05, 0.1) is 11.6 Å².